The maximum absolute atomic E-state index is 12.4. The largest absolute Gasteiger partial charge is 0.381 e. The third kappa shape index (κ3) is 5.58. The number of benzene rings is 2. The lowest BCUT2D eigenvalue weighted by molar-refractivity contribution is -0.120. The van der Waals surface area contributed by atoms with Crippen molar-refractivity contribution in [2.45, 2.75) is 32.1 Å². The summed E-state index contributed by atoms with van der Waals surface area (Å²) in [6.07, 6.45) is 1.62. The lowest BCUT2D eigenvalue weighted by Crippen LogP contribution is -2.47. The molecule has 3 rings (SSSR count). The number of rotatable bonds is 6. The van der Waals surface area contributed by atoms with Gasteiger partial charge in [-0.15, -0.1) is 0 Å². The summed E-state index contributed by atoms with van der Waals surface area (Å²) in [5.41, 5.74) is 3.49. The minimum absolute atomic E-state index is 0.0616. The van der Waals surface area contributed by atoms with Crippen LogP contribution in [-0.2, 0) is 14.9 Å². The van der Waals surface area contributed by atoms with Crippen LogP contribution in [0.3, 0.4) is 0 Å². The van der Waals surface area contributed by atoms with E-state index in [1.165, 1.54) is 0 Å². The Bertz CT molecular complexity index is 871. The smallest absolute Gasteiger partial charge is 0.251 e. The van der Waals surface area contributed by atoms with E-state index in [1.54, 1.807) is 0 Å². The van der Waals surface area contributed by atoms with Crippen molar-refractivity contribution in [1.29, 1.82) is 0 Å². The molecule has 0 radical (unpaired) electrons. The van der Waals surface area contributed by atoms with Gasteiger partial charge in [0, 0.05) is 35.8 Å². The molecule has 2 amide bonds. The molecule has 1 aliphatic heterocycles. The number of amides is 2. The van der Waals surface area contributed by atoms with Gasteiger partial charge in [-0.3, -0.25) is 9.59 Å². The molecule has 1 heterocycles. The normalized spacial score (nSPS) is 15.6. The van der Waals surface area contributed by atoms with Gasteiger partial charge in [-0.05, 0) is 56.5 Å². The lowest BCUT2D eigenvalue weighted by atomic mass is 9.74. The van der Waals surface area contributed by atoms with E-state index >= 15 is 0 Å². The quantitative estimate of drug-likeness (QED) is 0.759. The van der Waals surface area contributed by atoms with Crippen molar-refractivity contribution in [2.24, 2.45) is 0 Å². The van der Waals surface area contributed by atoms with Crippen molar-refractivity contribution in [3.05, 3.63) is 69.7 Å². The number of aryl methyl sites for hydroxylation is 2. The van der Waals surface area contributed by atoms with Crippen LogP contribution in [-0.4, -0.2) is 38.1 Å². The first-order chi connectivity index (χ1) is 13.9. The number of carbonyl (C=O) groups excluding carboxylic acids is 2. The van der Waals surface area contributed by atoms with Crippen molar-refractivity contribution in [3.8, 4) is 0 Å². The van der Waals surface area contributed by atoms with Crippen LogP contribution in [0, 0.1) is 13.8 Å². The summed E-state index contributed by atoms with van der Waals surface area (Å²) in [5, 5.41) is 6.37. The van der Waals surface area contributed by atoms with Crippen LogP contribution < -0.4 is 10.6 Å². The second-order valence-electron chi connectivity index (χ2n) is 7.74. The van der Waals surface area contributed by atoms with E-state index in [0.717, 1.165) is 29.5 Å². The predicted octanol–water partition coefficient (Wildman–Crippen LogP) is 3.55. The van der Waals surface area contributed by atoms with Crippen LogP contribution in [0.15, 0.2) is 42.5 Å². The molecule has 5 nitrogen and oxygen atoms in total. The molecule has 1 saturated heterocycles. The van der Waals surface area contributed by atoms with E-state index < -0.39 is 0 Å². The van der Waals surface area contributed by atoms with Gasteiger partial charge in [0.2, 0.25) is 5.91 Å². The van der Waals surface area contributed by atoms with Crippen molar-refractivity contribution in [1.82, 2.24) is 10.6 Å². The second-order valence-corrected chi connectivity index (χ2v) is 8.18. The second kappa shape index (κ2) is 9.42. The fourth-order valence-electron chi connectivity index (χ4n) is 3.85. The molecule has 1 fully saturated rings. The van der Waals surface area contributed by atoms with Crippen LogP contribution in [0.2, 0.25) is 5.02 Å². The Morgan fingerprint density at radius 3 is 2.38 bits per heavy atom. The van der Waals surface area contributed by atoms with Gasteiger partial charge < -0.3 is 15.4 Å². The molecule has 0 saturated carbocycles. The molecule has 6 heteroatoms. The summed E-state index contributed by atoms with van der Waals surface area (Å²) in [4.78, 5) is 24.8. The molecule has 0 bridgehead atoms. The fourth-order valence-corrected chi connectivity index (χ4v) is 4.04. The Morgan fingerprint density at radius 1 is 1.03 bits per heavy atom. The van der Waals surface area contributed by atoms with Gasteiger partial charge in [-0.1, -0.05) is 40.9 Å². The van der Waals surface area contributed by atoms with Gasteiger partial charge in [-0.2, -0.15) is 0 Å². The maximum Gasteiger partial charge on any atom is 0.251 e. The van der Waals surface area contributed by atoms with Crippen LogP contribution >= 0.6 is 11.6 Å². The summed E-state index contributed by atoms with van der Waals surface area (Å²) in [6.45, 7) is 5.60. The number of halogens is 1. The standard InChI is InChI=1S/C23H27ClN2O3/c1-16-10-17(2)12-18(11-16)22(28)25-14-21(27)26-15-23(6-8-29-9-7-23)19-4-3-5-20(24)13-19/h3-5,10-13H,6-9,14-15H2,1-2H3,(H,25,28)(H,26,27). The Balaban J connectivity index is 1.60. The topological polar surface area (TPSA) is 67.4 Å². The van der Waals surface area contributed by atoms with E-state index in [4.69, 9.17) is 16.3 Å². The number of nitrogens with one attached hydrogen (secondary N) is 2. The molecule has 29 heavy (non-hydrogen) atoms. The van der Waals surface area contributed by atoms with E-state index in [9.17, 15) is 9.59 Å². The average Bonchev–Trinajstić information content (AvgIpc) is 2.70. The van der Waals surface area contributed by atoms with E-state index in [2.05, 4.69) is 10.6 Å². The number of hydrogen-bond acceptors (Lipinski definition) is 3. The third-order valence-electron chi connectivity index (χ3n) is 5.40. The van der Waals surface area contributed by atoms with Gasteiger partial charge in [0.15, 0.2) is 0 Å². The number of ether oxygens (including phenoxy) is 1. The summed E-state index contributed by atoms with van der Waals surface area (Å²) < 4.78 is 5.53. The highest BCUT2D eigenvalue weighted by Crippen LogP contribution is 2.35. The molecule has 0 atom stereocenters. The minimum atomic E-state index is -0.248. The fraction of sp³-hybridized carbons (Fsp3) is 0.391. The summed E-state index contributed by atoms with van der Waals surface area (Å²) in [7, 11) is 0. The van der Waals surface area contributed by atoms with Crippen LogP contribution in [0.5, 0.6) is 0 Å². The first kappa shape index (κ1) is 21.3. The molecule has 0 aromatic heterocycles. The molecule has 2 aromatic carbocycles. The molecule has 1 aliphatic rings. The molecule has 154 valence electrons. The molecule has 0 unspecified atom stereocenters. The van der Waals surface area contributed by atoms with Crippen molar-refractivity contribution in [3.63, 3.8) is 0 Å². The molecular formula is C23H27ClN2O3. The Labute approximate surface area is 176 Å². The van der Waals surface area contributed by atoms with Crippen molar-refractivity contribution in [2.75, 3.05) is 26.3 Å². The number of hydrogen-bond donors (Lipinski definition) is 2. The van der Waals surface area contributed by atoms with Gasteiger partial charge in [0.25, 0.3) is 5.91 Å². The highest BCUT2D eigenvalue weighted by Gasteiger charge is 2.35. The monoisotopic (exact) mass is 414 g/mol. The van der Waals surface area contributed by atoms with Gasteiger partial charge in [0.05, 0.1) is 6.54 Å². The SMILES string of the molecule is Cc1cc(C)cc(C(=O)NCC(=O)NCC2(c3cccc(Cl)c3)CCOCC2)c1. The van der Waals surface area contributed by atoms with E-state index in [1.807, 2.05) is 56.3 Å². The molecule has 2 aromatic rings. The first-order valence-corrected chi connectivity index (χ1v) is 10.2. The minimum Gasteiger partial charge on any atom is -0.381 e. The zero-order valence-electron chi connectivity index (χ0n) is 16.9. The molecule has 0 aliphatic carbocycles. The molecule has 0 spiro atoms. The molecule has 2 N–H and O–H groups in total. The summed E-state index contributed by atoms with van der Waals surface area (Å²) >= 11 is 6.19. The van der Waals surface area contributed by atoms with Crippen molar-refractivity contribution < 1.29 is 14.3 Å². The van der Waals surface area contributed by atoms with Crippen LogP contribution in [0.1, 0.15) is 39.9 Å². The Kier molecular flexibility index (Phi) is 6.93. The maximum atomic E-state index is 12.4. The predicted molar refractivity (Wildman–Crippen MR) is 114 cm³/mol. The van der Waals surface area contributed by atoms with Crippen LogP contribution in [0.4, 0.5) is 0 Å². The van der Waals surface area contributed by atoms with E-state index in [0.29, 0.717) is 30.3 Å². The lowest BCUT2D eigenvalue weighted by Gasteiger charge is -2.38. The third-order valence-corrected chi connectivity index (χ3v) is 5.64. The first-order valence-electron chi connectivity index (χ1n) is 9.85. The average molecular weight is 415 g/mol. The summed E-state index contributed by atoms with van der Waals surface area (Å²) in [5.74, 6) is -0.460. The van der Waals surface area contributed by atoms with Gasteiger partial charge in [-0.25, -0.2) is 0 Å². The van der Waals surface area contributed by atoms with Gasteiger partial charge in [0.1, 0.15) is 0 Å². The number of carbonyl (C=O) groups is 2. The Hall–Kier alpha value is -2.37. The molecular weight excluding hydrogens is 388 g/mol. The summed E-state index contributed by atoms with van der Waals surface area (Å²) in [6, 6.07) is 13.4. The van der Waals surface area contributed by atoms with Gasteiger partial charge >= 0.3 is 0 Å². The van der Waals surface area contributed by atoms with E-state index in [-0.39, 0.29) is 23.8 Å². The van der Waals surface area contributed by atoms with Crippen LogP contribution in [0.25, 0.3) is 0 Å². The van der Waals surface area contributed by atoms with Crippen molar-refractivity contribution >= 4 is 23.4 Å². The highest BCUT2D eigenvalue weighted by atomic mass is 35.5. The zero-order valence-corrected chi connectivity index (χ0v) is 17.6. The highest BCUT2D eigenvalue weighted by molar-refractivity contribution is 6.30. The zero-order chi connectivity index (χ0) is 20.9. The Morgan fingerprint density at radius 2 is 1.72 bits per heavy atom.